The lowest BCUT2D eigenvalue weighted by Crippen LogP contribution is -2.38. The molecule has 1 aliphatic rings. The highest BCUT2D eigenvalue weighted by molar-refractivity contribution is 7.17. The lowest BCUT2D eigenvalue weighted by molar-refractivity contribution is 0.0600. The zero-order valence-corrected chi connectivity index (χ0v) is 16.2. The van der Waals surface area contributed by atoms with Gasteiger partial charge in [0.05, 0.1) is 17.7 Å². The van der Waals surface area contributed by atoms with Crippen molar-refractivity contribution in [3.63, 3.8) is 0 Å². The van der Waals surface area contributed by atoms with Gasteiger partial charge in [0, 0.05) is 12.6 Å². The number of anilines is 1. The first-order valence-corrected chi connectivity index (χ1v) is 9.64. The highest BCUT2D eigenvalue weighted by atomic mass is 32.1. The third-order valence-corrected chi connectivity index (χ3v) is 6.57. The molecular weight excluding hydrogens is 320 g/mol. The summed E-state index contributed by atoms with van der Waals surface area (Å²) >= 11 is 1.43. The molecule has 0 saturated heterocycles. The van der Waals surface area contributed by atoms with Gasteiger partial charge in [0.25, 0.3) is 0 Å². The minimum absolute atomic E-state index is 0.411. The third-order valence-electron chi connectivity index (χ3n) is 5.34. The van der Waals surface area contributed by atoms with Crippen molar-refractivity contribution in [2.24, 2.45) is 11.8 Å². The van der Waals surface area contributed by atoms with Crippen molar-refractivity contribution in [1.29, 1.82) is 5.26 Å². The quantitative estimate of drug-likeness (QED) is 0.720. The zero-order valence-electron chi connectivity index (χ0n) is 15.4. The summed E-state index contributed by atoms with van der Waals surface area (Å²) in [7, 11) is 1.37. The van der Waals surface area contributed by atoms with E-state index < -0.39 is 5.97 Å². The Morgan fingerprint density at radius 2 is 2.00 bits per heavy atom. The monoisotopic (exact) mass is 348 g/mol. The number of carbonyl (C=O) groups is 1. The number of rotatable bonds is 5. The van der Waals surface area contributed by atoms with Crippen LogP contribution in [0, 0.1) is 30.1 Å². The summed E-state index contributed by atoms with van der Waals surface area (Å²) in [5, 5.41) is 10.5. The number of carbonyl (C=O) groups excluding carboxylic acids is 1. The van der Waals surface area contributed by atoms with Gasteiger partial charge in [0.1, 0.15) is 10.9 Å². The van der Waals surface area contributed by atoms with Gasteiger partial charge in [0.15, 0.2) is 0 Å². The molecule has 0 spiro atoms. The highest BCUT2D eigenvalue weighted by Gasteiger charge is 2.30. The van der Waals surface area contributed by atoms with E-state index in [-0.39, 0.29) is 0 Å². The summed E-state index contributed by atoms with van der Waals surface area (Å²) in [6.07, 6.45) is 4.89. The third kappa shape index (κ3) is 3.59. The van der Waals surface area contributed by atoms with E-state index in [0.717, 1.165) is 28.9 Å². The van der Waals surface area contributed by atoms with E-state index in [0.29, 0.717) is 16.5 Å². The number of hydrogen-bond acceptors (Lipinski definition) is 5. The Bertz CT molecular complexity index is 622. The molecule has 132 valence electrons. The Hall–Kier alpha value is -1.54. The zero-order chi connectivity index (χ0) is 17.9. The van der Waals surface area contributed by atoms with Gasteiger partial charge in [-0.25, -0.2) is 4.79 Å². The van der Waals surface area contributed by atoms with Crippen LogP contribution in [0.3, 0.4) is 0 Å². The maximum atomic E-state index is 12.0. The van der Waals surface area contributed by atoms with Crippen LogP contribution in [0.1, 0.15) is 67.3 Å². The van der Waals surface area contributed by atoms with Crippen LogP contribution >= 0.6 is 11.3 Å². The van der Waals surface area contributed by atoms with Crippen LogP contribution in [-0.4, -0.2) is 25.7 Å². The van der Waals surface area contributed by atoms with Gasteiger partial charge < -0.3 is 9.64 Å². The Balaban J connectivity index is 2.27. The fraction of sp³-hybridized carbons (Fsp3) is 0.684. The molecule has 1 saturated carbocycles. The summed E-state index contributed by atoms with van der Waals surface area (Å²) < 4.78 is 4.87. The molecule has 4 nitrogen and oxygen atoms in total. The van der Waals surface area contributed by atoms with E-state index in [9.17, 15) is 10.1 Å². The van der Waals surface area contributed by atoms with E-state index >= 15 is 0 Å². The number of esters is 1. The van der Waals surface area contributed by atoms with Gasteiger partial charge >= 0.3 is 5.97 Å². The maximum absolute atomic E-state index is 12.0. The van der Waals surface area contributed by atoms with Crippen LogP contribution in [0.4, 0.5) is 5.00 Å². The molecule has 1 aromatic rings. The van der Waals surface area contributed by atoms with Crippen molar-refractivity contribution in [3.8, 4) is 6.07 Å². The van der Waals surface area contributed by atoms with Crippen LogP contribution < -0.4 is 4.90 Å². The molecule has 0 amide bonds. The Labute approximate surface area is 149 Å². The van der Waals surface area contributed by atoms with E-state index in [2.05, 4.69) is 31.7 Å². The SMILES string of the molecule is CCN(c1sc(C#N)c(C(=O)OC)c1C)C1CCC(C(C)C)CC1. The summed E-state index contributed by atoms with van der Waals surface area (Å²) in [5.74, 6) is 1.16. The van der Waals surface area contributed by atoms with Crippen molar-refractivity contribution in [3.05, 3.63) is 16.0 Å². The van der Waals surface area contributed by atoms with Crippen molar-refractivity contribution in [1.82, 2.24) is 0 Å². The molecule has 1 aromatic heterocycles. The summed E-state index contributed by atoms with van der Waals surface area (Å²) in [4.78, 5) is 14.9. The van der Waals surface area contributed by atoms with E-state index in [4.69, 9.17) is 4.74 Å². The maximum Gasteiger partial charge on any atom is 0.340 e. The second kappa shape index (κ2) is 8.02. The number of thiophene rings is 1. The van der Waals surface area contributed by atoms with Gasteiger partial charge in [-0.05, 0) is 56.9 Å². The molecule has 1 aliphatic carbocycles. The van der Waals surface area contributed by atoms with Crippen molar-refractivity contribution >= 4 is 22.3 Å². The van der Waals surface area contributed by atoms with Gasteiger partial charge in [-0.1, -0.05) is 13.8 Å². The fourth-order valence-corrected chi connectivity index (χ4v) is 5.08. The molecular formula is C19H28N2O2S. The average molecular weight is 349 g/mol. The Morgan fingerprint density at radius 1 is 1.38 bits per heavy atom. The molecule has 0 aliphatic heterocycles. The van der Waals surface area contributed by atoms with E-state index in [1.165, 1.54) is 44.1 Å². The summed E-state index contributed by atoms with van der Waals surface area (Å²) in [6, 6.07) is 2.67. The molecule has 1 fully saturated rings. The van der Waals surface area contributed by atoms with Gasteiger partial charge in [-0.15, -0.1) is 11.3 Å². The standard InChI is InChI=1S/C19H28N2O2S/c1-6-21(15-9-7-14(8-10-15)12(2)3)18-13(4)17(19(22)23-5)16(11-20)24-18/h12,14-15H,6-10H2,1-5H3. The van der Waals surface area contributed by atoms with Gasteiger partial charge in [-0.2, -0.15) is 5.26 Å². The first-order chi connectivity index (χ1) is 11.4. The minimum atomic E-state index is -0.411. The molecule has 0 atom stereocenters. The number of methoxy groups -OCH3 is 1. The number of hydrogen-bond donors (Lipinski definition) is 0. The molecule has 5 heteroatoms. The number of nitrogens with zero attached hydrogens (tertiary/aromatic N) is 2. The van der Waals surface area contributed by atoms with Crippen molar-refractivity contribution < 1.29 is 9.53 Å². The van der Waals surface area contributed by atoms with Crippen molar-refractivity contribution in [2.75, 3.05) is 18.6 Å². The first kappa shape index (κ1) is 18.8. The molecule has 0 aromatic carbocycles. The largest absolute Gasteiger partial charge is 0.465 e. The van der Waals surface area contributed by atoms with E-state index in [1.807, 2.05) is 6.92 Å². The highest BCUT2D eigenvalue weighted by Crippen LogP contribution is 2.40. The molecule has 2 rings (SSSR count). The predicted molar refractivity (Wildman–Crippen MR) is 98.7 cm³/mol. The van der Waals surface area contributed by atoms with Gasteiger partial charge in [-0.3, -0.25) is 0 Å². The first-order valence-electron chi connectivity index (χ1n) is 8.82. The van der Waals surface area contributed by atoms with Gasteiger partial charge in [0.2, 0.25) is 0 Å². The lowest BCUT2D eigenvalue weighted by atomic mass is 9.79. The Morgan fingerprint density at radius 3 is 2.46 bits per heavy atom. The second-order valence-corrected chi connectivity index (χ2v) is 7.94. The fourth-order valence-electron chi connectivity index (χ4n) is 3.85. The molecule has 0 bridgehead atoms. The molecule has 1 heterocycles. The van der Waals surface area contributed by atoms with E-state index in [1.54, 1.807) is 0 Å². The molecule has 0 N–H and O–H groups in total. The summed E-state index contributed by atoms with van der Waals surface area (Å²) in [5.41, 5.74) is 1.32. The number of nitriles is 1. The second-order valence-electron chi connectivity index (χ2n) is 6.94. The van der Waals surface area contributed by atoms with Crippen LogP contribution in [-0.2, 0) is 4.74 Å². The molecule has 0 radical (unpaired) electrons. The van der Waals surface area contributed by atoms with Crippen molar-refractivity contribution in [2.45, 2.75) is 59.4 Å². The topological polar surface area (TPSA) is 53.3 Å². The molecule has 24 heavy (non-hydrogen) atoms. The summed E-state index contributed by atoms with van der Waals surface area (Å²) in [6.45, 7) is 9.60. The predicted octanol–water partition coefficient (Wildman–Crippen LogP) is 4.76. The minimum Gasteiger partial charge on any atom is -0.465 e. The number of ether oxygens (including phenoxy) is 1. The van der Waals surface area contributed by atoms with Crippen LogP contribution in [0.25, 0.3) is 0 Å². The normalized spacial score (nSPS) is 20.7. The average Bonchev–Trinajstić information content (AvgIpc) is 2.92. The lowest BCUT2D eigenvalue weighted by Gasteiger charge is -2.38. The smallest absolute Gasteiger partial charge is 0.340 e. The van der Waals surface area contributed by atoms with Crippen LogP contribution in [0.2, 0.25) is 0 Å². The van der Waals surface area contributed by atoms with Crippen LogP contribution in [0.15, 0.2) is 0 Å². The Kier molecular flexibility index (Phi) is 6.28. The molecule has 0 unspecified atom stereocenters. The van der Waals surface area contributed by atoms with Crippen LogP contribution in [0.5, 0.6) is 0 Å².